The number of aromatic nitrogens is 2. The first-order valence-corrected chi connectivity index (χ1v) is 10.7. The molecule has 0 bridgehead atoms. The van der Waals surface area contributed by atoms with Gasteiger partial charge in [0.25, 0.3) is 5.69 Å². The van der Waals surface area contributed by atoms with Gasteiger partial charge in [-0.15, -0.1) is 0 Å². The molecular formula is C14H21N3O3Si. The molecule has 0 radical (unpaired) electrons. The molecule has 0 amide bonds. The van der Waals surface area contributed by atoms with Crippen LogP contribution in [0.1, 0.15) is 5.69 Å². The van der Waals surface area contributed by atoms with Crippen molar-refractivity contribution in [3.63, 3.8) is 0 Å². The van der Waals surface area contributed by atoms with Gasteiger partial charge in [0.2, 0.25) is 0 Å². The first-order valence-electron chi connectivity index (χ1n) is 6.97. The highest BCUT2D eigenvalue weighted by molar-refractivity contribution is 6.76. The number of fused-ring (bicyclic) bond motifs is 1. The standard InChI is InChI=1S/C14H21N3O3Si/c1-11-13-6-5-12(17(18)19)9-14(13)16(15-11)10-20-7-8-21(2,3)4/h5-6,9H,7-8,10H2,1-4H3. The summed E-state index contributed by atoms with van der Waals surface area (Å²) in [5.74, 6) is 0. The minimum atomic E-state index is -1.11. The Hall–Kier alpha value is -1.73. The summed E-state index contributed by atoms with van der Waals surface area (Å²) in [7, 11) is -1.11. The van der Waals surface area contributed by atoms with Crippen molar-refractivity contribution in [1.82, 2.24) is 9.78 Å². The number of hydrogen-bond donors (Lipinski definition) is 0. The van der Waals surface area contributed by atoms with Crippen molar-refractivity contribution in [2.24, 2.45) is 0 Å². The number of nitro groups is 1. The molecule has 0 saturated heterocycles. The largest absolute Gasteiger partial charge is 0.360 e. The van der Waals surface area contributed by atoms with E-state index in [2.05, 4.69) is 24.7 Å². The Labute approximate surface area is 124 Å². The van der Waals surface area contributed by atoms with Gasteiger partial charge in [-0.1, -0.05) is 19.6 Å². The Morgan fingerprint density at radius 3 is 2.71 bits per heavy atom. The molecule has 1 aromatic carbocycles. The molecule has 2 rings (SSSR count). The molecule has 0 fully saturated rings. The van der Waals surface area contributed by atoms with Crippen LogP contribution in [-0.2, 0) is 11.5 Å². The van der Waals surface area contributed by atoms with E-state index in [0.29, 0.717) is 13.3 Å². The third-order valence-corrected chi connectivity index (χ3v) is 5.04. The molecule has 0 aliphatic rings. The second-order valence-corrected chi connectivity index (χ2v) is 12.0. The molecule has 0 spiro atoms. The minimum Gasteiger partial charge on any atom is -0.360 e. The summed E-state index contributed by atoms with van der Waals surface area (Å²) in [6.07, 6.45) is 0. The van der Waals surface area contributed by atoms with Crippen LogP contribution in [0.25, 0.3) is 10.9 Å². The molecule has 114 valence electrons. The lowest BCUT2D eigenvalue weighted by Gasteiger charge is -2.15. The molecule has 0 saturated carbocycles. The predicted octanol–water partition coefficient (Wildman–Crippen LogP) is 3.57. The van der Waals surface area contributed by atoms with Gasteiger partial charge >= 0.3 is 0 Å². The van der Waals surface area contributed by atoms with E-state index in [9.17, 15) is 10.1 Å². The first-order chi connectivity index (χ1) is 9.78. The van der Waals surface area contributed by atoms with E-state index < -0.39 is 13.0 Å². The second kappa shape index (κ2) is 5.95. The first kappa shape index (κ1) is 15.7. The highest BCUT2D eigenvalue weighted by Gasteiger charge is 2.14. The topological polar surface area (TPSA) is 70.2 Å². The van der Waals surface area contributed by atoms with Crippen molar-refractivity contribution in [2.75, 3.05) is 6.61 Å². The van der Waals surface area contributed by atoms with Crippen LogP contribution in [0.15, 0.2) is 18.2 Å². The van der Waals surface area contributed by atoms with Crippen LogP contribution in [0, 0.1) is 17.0 Å². The summed E-state index contributed by atoms with van der Waals surface area (Å²) < 4.78 is 7.38. The summed E-state index contributed by atoms with van der Waals surface area (Å²) in [5.41, 5.74) is 1.68. The highest BCUT2D eigenvalue weighted by atomic mass is 28.3. The fourth-order valence-electron chi connectivity index (χ4n) is 2.07. The van der Waals surface area contributed by atoms with Crippen molar-refractivity contribution in [1.29, 1.82) is 0 Å². The van der Waals surface area contributed by atoms with Gasteiger partial charge in [0.15, 0.2) is 0 Å². The number of ether oxygens (including phenoxy) is 1. The van der Waals surface area contributed by atoms with Gasteiger partial charge in [-0.2, -0.15) is 5.10 Å². The summed E-state index contributed by atoms with van der Waals surface area (Å²) in [6, 6.07) is 5.89. The summed E-state index contributed by atoms with van der Waals surface area (Å²) in [5, 5.41) is 16.2. The van der Waals surface area contributed by atoms with Gasteiger partial charge in [0.1, 0.15) is 6.73 Å². The van der Waals surface area contributed by atoms with Crippen LogP contribution in [0.4, 0.5) is 5.69 Å². The molecule has 0 aliphatic carbocycles. The lowest BCUT2D eigenvalue weighted by molar-refractivity contribution is -0.384. The SMILES string of the molecule is Cc1nn(COCC[Si](C)(C)C)c2cc([N+](=O)[O-])ccc12. The average Bonchev–Trinajstić information content (AvgIpc) is 2.70. The zero-order valence-corrected chi connectivity index (χ0v) is 13.9. The Bertz CT molecular complexity index is 661. The van der Waals surface area contributed by atoms with Crippen molar-refractivity contribution >= 4 is 24.7 Å². The van der Waals surface area contributed by atoms with Crippen LogP contribution in [0.2, 0.25) is 25.7 Å². The Morgan fingerprint density at radius 1 is 1.38 bits per heavy atom. The average molecular weight is 307 g/mol. The lowest BCUT2D eigenvalue weighted by Crippen LogP contribution is -2.22. The minimum absolute atomic E-state index is 0.0748. The van der Waals surface area contributed by atoms with E-state index in [4.69, 9.17) is 4.74 Å². The fourth-order valence-corrected chi connectivity index (χ4v) is 2.83. The monoisotopic (exact) mass is 307 g/mol. The van der Waals surface area contributed by atoms with Crippen LogP contribution in [0.3, 0.4) is 0 Å². The molecule has 0 aliphatic heterocycles. The molecule has 7 heteroatoms. The van der Waals surface area contributed by atoms with Crippen molar-refractivity contribution in [2.45, 2.75) is 39.3 Å². The van der Waals surface area contributed by atoms with Crippen molar-refractivity contribution < 1.29 is 9.66 Å². The lowest BCUT2D eigenvalue weighted by atomic mass is 10.2. The maximum absolute atomic E-state index is 10.9. The quantitative estimate of drug-likeness (QED) is 0.354. The maximum atomic E-state index is 10.9. The number of aryl methyl sites for hydroxylation is 1. The molecule has 1 aromatic heterocycles. The maximum Gasteiger partial charge on any atom is 0.271 e. The second-order valence-electron chi connectivity index (χ2n) is 6.39. The number of nitrogens with zero attached hydrogens (tertiary/aromatic N) is 3. The molecule has 21 heavy (non-hydrogen) atoms. The molecule has 1 heterocycles. The van der Waals surface area contributed by atoms with Crippen LogP contribution in [0.5, 0.6) is 0 Å². The van der Waals surface area contributed by atoms with Crippen molar-refractivity contribution in [3.8, 4) is 0 Å². The van der Waals surface area contributed by atoms with Crippen LogP contribution in [-0.4, -0.2) is 29.4 Å². The predicted molar refractivity (Wildman–Crippen MR) is 85.2 cm³/mol. The number of rotatable bonds is 6. The smallest absolute Gasteiger partial charge is 0.271 e. The highest BCUT2D eigenvalue weighted by Crippen LogP contribution is 2.23. The van der Waals surface area contributed by atoms with Crippen LogP contribution >= 0.6 is 0 Å². The van der Waals surface area contributed by atoms with E-state index in [-0.39, 0.29) is 5.69 Å². The number of non-ortho nitro benzene ring substituents is 1. The van der Waals surface area contributed by atoms with Gasteiger partial charge < -0.3 is 4.74 Å². The zero-order valence-electron chi connectivity index (χ0n) is 12.9. The Kier molecular flexibility index (Phi) is 4.43. The van der Waals surface area contributed by atoms with E-state index in [0.717, 1.165) is 22.6 Å². The number of benzene rings is 1. The van der Waals surface area contributed by atoms with E-state index in [1.165, 1.54) is 6.07 Å². The fraction of sp³-hybridized carbons (Fsp3) is 0.500. The third-order valence-electron chi connectivity index (χ3n) is 3.34. The molecular weight excluding hydrogens is 286 g/mol. The normalized spacial score (nSPS) is 12.0. The van der Waals surface area contributed by atoms with Gasteiger partial charge in [-0.05, 0) is 19.0 Å². The number of hydrogen-bond acceptors (Lipinski definition) is 4. The van der Waals surface area contributed by atoms with Gasteiger partial charge in [0.05, 0.1) is 16.1 Å². The molecule has 6 nitrogen and oxygen atoms in total. The summed E-state index contributed by atoms with van der Waals surface area (Å²) >= 11 is 0. The zero-order chi connectivity index (χ0) is 15.6. The molecule has 0 atom stereocenters. The Morgan fingerprint density at radius 2 is 2.10 bits per heavy atom. The van der Waals surface area contributed by atoms with E-state index in [1.807, 2.05) is 6.92 Å². The third kappa shape index (κ3) is 3.89. The summed E-state index contributed by atoms with van der Waals surface area (Å²) in [6.45, 7) is 9.82. The Balaban J connectivity index is 2.15. The van der Waals surface area contributed by atoms with E-state index in [1.54, 1.807) is 16.8 Å². The van der Waals surface area contributed by atoms with Crippen LogP contribution < -0.4 is 0 Å². The van der Waals surface area contributed by atoms with Crippen molar-refractivity contribution in [3.05, 3.63) is 34.0 Å². The number of nitro benzene ring substituents is 1. The van der Waals surface area contributed by atoms with Gasteiger partial charge in [0, 0.05) is 32.2 Å². The molecule has 0 N–H and O–H groups in total. The van der Waals surface area contributed by atoms with Gasteiger partial charge in [-0.3, -0.25) is 10.1 Å². The van der Waals surface area contributed by atoms with E-state index >= 15 is 0 Å². The van der Waals surface area contributed by atoms with Gasteiger partial charge in [-0.25, -0.2) is 4.68 Å². The summed E-state index contributed by atoms with van der Waals surface area (Å²) in [4.78, 5) is 10.5. The molecule has 0 unspecified atom stereocenters. The molecule has 2 aromatic rings.